The molecule has 1 aliphatic heterocycles. The van der Waals surface area contributed by atoms with Crippen molar-refractivity contribution in [2.45, 2.75) is 26.2 Å². The number of fused-ring (bicyclic) bond motifs is 1. The van der Waals surface area contributed by atoms with Crippen LogP contribution < -0.4 is 0 Å². The van der Waals surface area contributed by atoms with Crippen LogP contribution >= 0.6 is 0 Å². The minimum atomic E-state index is -0.458. The molecular formula is C31H28N6O4. The first kappa shape index (κ1) is 26.0. The predicted octanol–water partition coefficient (Wildman–Crippen LogP) is 5.81. The van der Waals surface area contributed by atoms with Crippen LogP contribution in [0.15, 0.2) is 77.9 Å². The number of nitro benzene ring substituents is 1. The highest BCUT2D eigenvalue weighted by atomic mass is 16.6. The molecule has 2 aromatic heterocycles. The number of H-pyrrole nitrogens is 2. The van der Waals surface area contributed by atoms with Gasteiger partial charge in [-0.05, 0) is 49.1 Å². The molecule has 0 saturated carbocycles. The Morgan fingerprint density at radius 3 is 2.54 bits per heavy atom. The fourth-order valence-electron chi connectivity index (χ4n) is 5.23. The molecule has 1 saturated heterocycles. The summed E-state index contributed by atoms with van der Waals surface area (Å²) in [5.41, 5.74) is 5.65. The molecule has 206 valence electrons. The number of nitro groups is 1. The molecule has 3 heterocycles. The molecule has 3 aromatic carbocycles. The number of non-ortho nitro benzene ring substituents is 1. The van der Waals surface area contributed by atoms with Crippen molar-refractivity contribution in [3.63, 3.8) is 0 Å². The van der Waals surface area contributed by atoms with Gasteiger partial charge in [0.1, 0.15) is 5.82 Å². The Bertz CT molecular complexity index is 1780. The van der Waals surface area contributed by atoms with Crippen molar-refractivity contribution in [2.24, 2.45) is 4.99 Å². The molecule has 10 heteroatoms. The standard InChI is InChI=1S/C31H28N6O4/c1-19-32-18-27(33-19)21-8-10-23(11-9-21)34-30(29-25-17-24(37(40)41)12-13-26(25)35-31(29)39)22-6-4-20(5-7-22)14-16-36-15-2-3-28(36)38/h4-13,17-18,35,39H,2-3,14-16H2,1H3,(H,32,33). The number of rotatable bonds is 8. The first-order valence-corrected chi connectivity index (χ1v) is 13.4. The van der Waals surface area contributed by atoms with Crippen molar-refractivity contribution in [3.8, 4) is 17.1 Å². The molecule has 6 rings (SSSR count). The smallest absolute Gasteiger partial charge is 0.270 e. The quantitative estimate of drug-likeness (QED) is 0.127. The topological polar surface area (TPSA) is 141 Å². The summed E-state index contributed by atoms with van der Waals surface area (Å²) in [5.74, 6) is 0.901. The Morgan fingerprint density at radius 2 is 1.88 bits per heavy atom. The zero-order chi connectivity index (χ0) is 28.5. The third-order valence-electron chi connectivity index (χ3n) is 7.40. The maximum atomic E-state index is 12.0. The summed E-state index contributed by atoms with van der Waals surface area (Å²) in [4.78, 5) is 40.3. The van der Waals surface area contributed by atoms with E-state index in [1.54, 1.807) is 12.3 Å². The maximum Gasteiger partial charge on any atom is 0.270 e. The second kappa shape index (κ2) is 10.7. The van der Waals surface area contributed by atoms with Gasteiger partial charge in [-0.1, -0.05) is 36.4 Å². The predicted molar refractivity (Wildman–Crippen MR) is 157 cm³/mol. The molecule has 3 N–H and O–H groups in total. The first-order valence-electron chi connectivity index (χ1n) is 13.4. The van der Waals surface area contributed by atoms with E-state index in [2.05, 4.69) is 15.0 Å². The number of hydrogen-bond donors (Lipinski definition) is 3. The monoisotopic (exact) mass is 548 g/mol. The lowest BCUT2D eigenvalue weighted by Gasteiger charge is -2.15. The number of imidazole rings is 1. The van der Waals surface area contributed by atoms with Crippen LogP contribution in [0.4, 0.5) is 11.4 Å². The fourth-order valence-corrected chi connectivity index (χ4v) is 5.23. The number of nitrogens with zero attached hydrogens (tertiary/aromatic N) is 4. The minimum absolute atomic E-state index is 0.0805. The molecule has 0 radical (unpaired) electrons. The van der Waals surface area contributed by atoms with Gasteiger partial charge in [0.15, 0.2) is 5.88 Å². The summed E-state index contributed by atoms with van der Waals surface area (Å²) < 4.78 is 0. The Balaban J connectivity index is 1.39. The normalized spacial score (nSPS) is 13.8. The second-order valence-corrected chi connectivity index (χ2v) is 10.2. The van der Waals surface area contributed by atoms with E-state index in [0.29, 0.717) is 40.8 Å². The van der Waals surface area contributed by atoms with Crippen LogP contribution in [0.25, 0.3) is 22.2 Å². The summed E-state index contributed by atoms with van der Waals surface area (Å²) in [7, 11) is 0. The van der Waals surface area contributed by atoms with Crippen molar-refractivity contribution in [1.82, 2.24) is 19.9 Å². The lowest BCUT2D eigenvalue weighted by molar-refractivity contribution is -0.384. The van der Waals surface area contributed by atoms with Crippen LogP contribution in [0.5, 0.6) is 5.88 Å². The van der Waals surface area contributed by atoms with Gasteiger partial charge in [-0.3, -0.25) is 14.9 Å². The summed E-state index contributed by atoms with van der Waals surface area (Å²) in [6.07, 6.45) is 4.04. The molecule has 0 aliphatic carbocycles. The number of carbonyl (C=O) groups excluding carboxylic acids is 1. The van der Waals surface area contributed by atoms with Crippen LogP contribution in [0.3, 0.4) is 0 Å². The number of nitrogens with one attached hydrogen (secondary N) is 2. The van der Waals surface area contributed by atoms with Gasteiger partial charge in [0.25, 0.3) is 5.69 Å². The lowest BCUT2D eigenvalue weighted by Crippen LogP contribution is -2.26. The number of benzene rings is 3. The summed E-state index contributed by atoms with van der Waals surface area (Å²) in [5, 5.41) is 23.0. The zero-order valence-corrected chi connectivity index (χ0v) is 22.4. The number of aromatic nitrogens is 3. The second-order valence-electron chi connectivity index (χ2n) is 10.2. The number of amides is 1. The number of carbonyl (C=O) groups is 1. The Morgan fingerprint density at radius 1 is 1.10 bits per heavy atom. The van der Waals surface area contributed by atoms with Crippen LogP contribution in [0, 0.1) is 17.0 Å². The van der Waals surface area contributed by atoms with Crippen molar-refractivity contribution in [2.75, 3.05) is 13.1 Å². The number of aliphatic imine (C=N–C) groups is 1. The van der Waals surface area contributed by atoms with Gasteiger partial charge in [-0.2, -0.15) is 0 Å². The largest absolute Gasteiger partial charge is 0.494 e. The SMILES string of the molecule is Cc1ncc(-c2ccc(N=C(c3ccc(CCN4CCCC4=O)cc3)c3c(O)[nH]c4ccc([N+](=O)[O-])cc34)cc2)[nH]1. The maximum absolute atomic E-state index is 12.0. The summed E-state index contributed by atoms with van der Waals surface area (Å²) in [6, 6.07) is 19.9. The number of aromatic hydroxyl groups is 1. The van der Waals surface area contributed by atoms with Gasteiger partial charge in [0, 0.05) is 48.1 Å². The molecule has 1 amide bonds. The molecule has 5 aromatic rings. The first-order chi connectivity index (χ1) is 19.9. The number of aromatic amines is 2. The minimum Gasteiger partial charge on any atom is -0.494 e. The van der Waals surface area contributed by atoms with E-state index >= 15 is 0 Å². The lowest BCUT2D eigenvalue weighted by atomic mass is 9.98. The van der Waals surface area contributed by atoms with Crippen molar-refractivity contribution in [1.29, 1.82) is 0 Å². The molecule has 0 atom stereocenters. The number of likely N-dealkylation sites (tertiary alicyclic amines) is 1. The summed E-state index contributed by atoms with van der Waals surface area (Å²) in [6.45, 7) is 3.37. The molecule has 0 unspecified atom stereocenters. The van der Waals surface area contributed by atoms with Gasteiger partial charge in [0.2, 0.25) is 5.91 Å². The highest BCUT2D eigenvalue weighted by Gasteiger charge is 2.22. The van der Waals surface area contributed by atoms with E-state index < -0.39 is 4.92 Å². The van der Waals surface area contributed by atoms with Gasteiger partial charge in [-0.25, -0.2) is 9.98 Å². The Kier molecular flexibility index (Phi) is 6.80. The van der Waals surface area contributed by atoms with E-state index in [1.807, 2.05) is 60.4 Å². The highest BCUT2D eigenvalue weighted by molar-refractivity contribution is 6.22. The van der Waals surface area contributed by atoms with E-state index in [1.165, 1.54) is 12.1 Å². The van der Waals surface area contributed by atoms with Gasteiger partial charge < -0.3 is 20.0 Å². The number of aryl methyl sites for hydroxylation is 1. The van der Waals surface area contributed by atoms with Gasteiger partial charge >= 0.3 is 0 Å². The van der Waals surface area contributed by atoms with Gasteiger partial charge in [0.05, 0.1) is 33.8 Å². The molecular weight excluding hydrogens is 520 g/mol. The van der Waals surface area contributed by atoms with E-state index in [4.69, 9.17) is 4.99 Å². The molecule has 41 heavy (non-hydrogen) atoms. The third kappa shape index (κ3) is 5.31. The Hall–Kier alpha value is -5.25. The van der Waals surface area contributed by atoms with E-state index in [0.717, 1.165) is 47.6 Å². The van der Waals surface area contributed by atoms with Gasteiger partial charge in [-0.15, -0.1) is 0 Å². The molecule has 1 fully saturated rings. The molecule has 1 aliphatic rings. The van der Waals surface area contributed by atoms with Crippen molar-refractivity contribution < 1.29 is 14.8 Å². The Labute approximate surface area is 235 Å². The average Bonchev–Trinajstić information content (AvgIpc) is 3.68. The van der Waals surface area contributed by atoms with Crippen LogP contribution in [0.1, 0.15) is 35.4 Å². The van der Waals surface area contributed by atoms with Crippen molar-refractivity contribution >= 4 is 33.9 Å². The highest BCUT2D eigenvalue weighted by Crippen LogP contribution is 2.34. The molecule has 10 nitrogen and oxygen atoms in total. The van der Waals surface area contributed by atoms with Crippen LogP contribution in [0.2, 0.25) is 0 Å². The molecule has 0 spiro atoms. The van der Waals surface area contributed by atoms with Crippen LogP contribution in [-0.4, -0.2) is 54.6 Å². The average molecular weight is 549 g/mol. The third-order valence-corrected chi connectivity index (χ3v) is 7.40. The fraction of sp³-hybridized carbons (Fsp3) is 0.194. The summed E-state index contributed by atoms with van der Waals surface area (Å²) >= 11 is 0. The van der Waals surface area contributed by atoms with Crippen molar-refractivity contribution in [3.05, 3.63) is 106 Å². The molecule has 0 bridgehead atoms. The van der Waals surface area contributed by atoms with E-state index in [-0.39, 0.29) is 17.5 Å². The number of hydrogen-bond acceptors (Lipinski definition) is 6. The zero-order valence-electron chi connectivity index (χ0n) is 22.4. The van der Waals surface area contributed by atoms with Crippen LogP contribution in [-0.2, 0) is 11.2 Å². The van der Waals surface area contributed by atoms with E-state index in [9.17, 15) is 20.0 Å².